The molecule has 0 bridgehead atoms. The van der Waals surface area contributed by atoms with Crippen LogP contribution in [0.5, 0.6) is 0 Å². The third kappa shape index (κ3) is 3.23. The van der Waals surface area contributed by atoms with Crippen LogP contribution in [0.2, 0.25) is 0 Å². The van der Waals surface area contributed by atoms with Gasteiger partial charge in [-0.2, -0.15) is 0 Å². The average molecular weight is 296 g/mol. The number of aromatic amines is 1. The lowest BCUT2D eigenvalue weighted by molar-refractivity contribution is 0.345. The molecule has 0 amide bonds. The summed E-state index contributed by atoms with van der Waals surface area (Å²) < 4.78 is 0. The second kappa shape index (κ2) is 6.53. The monoisotopic (exact) mass is 296 g/mol. The van der Waals surface area contributed by atoms with E-state index in [9.17, 15) is 0 Å². The first-order chi connectivity index (χ1) is 10.8. The van der Waals surface area contributed by atoms with Crippen LogP contribution in [-0.4, -0.2) is 38.4 Å². The third-order valence-electron chi connectivity index (χ3n) is 3.67. The van der Waals surface area contributed by atoms with E-state index in [2.05, 4.69) is 68.4 Å². The molecule has 0 saturated carbocycles. The lowest BCUT2D eigenvalue weighted by atomic mass is 10.1. The van der Waals surface area contributed by atoms with Crippen molar-refractivity contribution in [1.82, 2.24) is 24.8 Å². The molecule has 114 valence electrons. The van der Waals surface area contributed by atoms with Gasteiger partial charge in [0.1, 0.15) is 11.8 Å². The largest absolute Gasteiger partial charge is 0.364 e. The molecule has 0 spiro atoms. The number of fused-ring (bicyclic) bond motifs is 1. The minimum absolute atomic E-state index is 0.677. The van der Waals surface area contributed by atoms with Gasteiger partial charge in [-0.15, -0.1) is 0 Å². The SMILES string of the molecule is CCN(C)Cc1cccc(CNc2ncnc3nc[nH]c23)c1. The molecule has 0 radical (unpaired) electrons. The highest BCUT2D eigenvalue weighted by molar-refractivity contribution is 5.81. The molecule has 6 heteroatoms. The zero-order valence-electron chi connectivity index (χ0n) is 12.9. The molecule has 0 atom stereocenters. The van der Waals surface area contributed by atoms with Gasteiger partial charge >= 0.3 is 0 Å². The Morgan fingerprint density at radius 2 is 2.05 bits per heavy atom. The second-order valence-electron chi connectivity index (χ2n) is 5.33. The predicted octanol–water partition coefficient (Wildman–Crippen LogP) is 2.42. The van der Waals surface area contributed by atoms with Crippen molar-refractivity contribution in [3.05, 3.63) is 48.0 Å². The molecule has 22 heavy (non-hydrogen) atoms. The summed E-state index contributed by atoms with van der Waals surface area (Å²) in [7, 11) is 2.13. The summed E-state index contributed by atoms with van der Waals surface area (Å²) in [5.74, 6) is 0.776. The molecular formula is C16H20N6. The van der Waals surface area contributed by atoms with Crippen molar-refractivity contribution in [2.24, 2.45) is 0 Å². The van der Waals surface area contributed by atoms with Gasteiger partial charge in [0.2, 0.25) is 0 Å². The number of nitrogens with zero attached hydrogens (tertiary/aromatic N) is 4. The third-order valence-corrected chi connectivity index (χ3v) is 3.67. The van der Waals surface area contributed by atoms with Crippen molar-refractivity contribution in [2.45, 2.75) is 20.0 Å². The van der Waals surface area contributed by atoms with E-state index in [1.807, 2.05) is 0 Å². The Morgan fingerprint density at radius 3 is 2.91 bits per heavy atom. The van der Waals surface area contributed by atoms with E-state index in [-0.39, 0.29) is 0 Å². The molecule has 3 rings (SSSR count). The standard InChI is InChI=1S/C16H20N6/c1-3-22(2)9-13-6-4-5-12(7-13)8-17-15-14-16(19-10-18-14)21-11-20-15/h4-7,10-11H,3,8-9H2,1-2H3,(H2,17,18,19,20,21). The Labute approximate surface area is 129 Å². The van der Waals surface area contributed by atoms with Gasteiger partial charge in [-0.25, -0.2) is 15.0 Å². The number of aromatic nitrogens is 4. The fourth-order valence-corrected chi connectivity index (χ4v) is 2.35. The van der Waals surface area contributed by atoms with Crippen LogP contribution in [0.3, 0.4) is 0 Å². The van der Waals surface area contributed by atoms with Crippen LogP contribution in [0.1, 0.15) is 18.1 Å². The first-order valence-corrected chi connectivity index (χ1v) is 7.40. The highest BCUT2D eigenvalue weighted by atomic mass is 15.1. The zero-order valence-corrected chi connectivity index (χ0v) is 12.9. The maximum absolute atomic E-state index is 4.28. The highest BCUT2D eigenvalue weighted by Crippen LogP contribution is 2.16. The first-order valence-electron chi connectivity index (χ1n) is 7.40. The van der Waals surface area contributed by atoms with E-state index >= 15 is 0 Å². The van der Waals surface area contributed by atoms with Crippen LogP contribution in [-0.2, 0) is 13.1 Å². The molecule has 0 fully saturated rings. The Kier molecular flexibility index (Phi) is 4.29. The van der Waals surface area contributed by atoms with Gasteiger partial charge < -0.3 is 15.2 Å². The molecule has 0 aliphatic heterocycles. The van der Waals surface area contributed by atoms with Crippen LogP contribution in [0.25, 0.3) is 11.2 Å². The number of rotatable bonds is 6. The fraction of sp³-hybridized carbons (Fsp3) is 0.312. The molecular weight excluding hydrogens is 276 g/mol. The molecule has 1 aromatic carbocycles. The zero-order chi connectivity index (χ0) is 15.4. The maximum Gasteiger partial charge on any atom is 0.182 e. The minimum Gasteiger partial charge on any atom is -0.364 e. The number of imidazole rings is 1. The average Bonchev–Trinajstić information content (AvgIpc) is 3.02. The van der Waals surface area contributed by atoms with Crippen molar-refractivity contribution in [1.29, 1.82) is 0 Å². The van der Waals surface area contributed by atoms with Gasteiger partial charge in [0.25, 0.3) is 0 Å². The van der Waals surface area contributed by atoms with Gasteiger partial charge in [0, 0.05) is 13.1 Å². The molecule has 0 aliphatic rings. The van der Waals surface area contributed by atoms with E-state index in [1.165, 1.54) is 17.5 Å². The van der Waals surface area contributed by atoms with E-state index in [1.54, 1.807) is 6.33 Å². The van der Waals surface area contributed by atoms with Crippen LogP contribution in [0.4, 0.5) is 5.82 Å². The minimum atomic E-state index is 0.677. The summed E-state index contributed by atoms with van der Waals surface area (Å²) in [6, 6.07) is 8.60. The number of hydrogen-bond acceptors (Lipinski definition) is 5. The van der Waals surface area contributed by atoms with Crippen molar-refractivity contribution >= 4 is 17.0 Å². The normalized spacial score (nSPS) is 11.2. The van der Waals surface area contributed by atoms with Crippen LogP contribution < -0.4 is 5.32 Å². The van der Waals surface area contributed by atoms with Crippen LogP contribution >= 0.6 is 0 Å². The summed E-state index contributed by atoms with van der Waals surface area (Å²) in [5.41, 5.74) is 4.06. The molecule has 0 unspecified atom stereocenters. The number of nitrogens with one attached hydrogen (secondary N) is 2. The predicted molar refractivity (Wildman–Crippen MR) is 87.5 cm³/mol. The Hall–Kier alpha value is -2.47. The number of anilines is 1. The van der Waals surface area contributed by atoms with Gasteiger partial charge in [0.05, 0.1) is 6.33 Å². The van der Waals surface area contributed by atoms with Gasteiger partial charge in [-0.3, -0.25) is 0 Å². The van der Waals surface area contributed by atoms with Crippen molar-refractivity contribution < 1.29 is 0 Å². The number of H-pyrrole nitrogens is 1. The van der Waals surface area contributed by atoms with Gasteiger partial charge in [-0.1, -0.05) is 31.2 Å². The van der Waals surface area contributed by atoms with Crippen molar-refractivity contribution in [3.8, 4) is 0 Å². The molecule has 2 aromatic heterocycles. The van der Waals surface area contributed by atoms with Crippen LogP contribution in [0, 0.1) is 0 Å². The first kappa shape index (κ1) is 14.5. The van der Waals surface area contributed by atoms with E-state index in [0.717, 1.165) is 31.0 Å². The topological polar surface area (TPSA) is 69.7 Å². The summed E-state index contributed by atoms with van der Waals surface area (Å²) >= 11 is 0. The van der Waals surface area contributed by atoms with Crippen molar-refractivity contribution in [3.63, 3.8) is 0 Å². The van der Waals surface area contributed by atoms with E-state index < -0.39 is 0 Å². The van der Waals surface area contributed by atoms with Gasteiger partial charge in [0.15, 0.2) is 11.5 Å². The Bertz CT molecular complexity index is 751. The number of hydrogen-bond donors (Lipinski definition) is 2. The molecule has 0 saturated heterocycles. The molecule has 0 aliphatic carbocycles. The summed E-state index contributed by atoms with van der Waals surface area (Å²) in [6.45, 7) is 4.88. The smallest absolute Gasteiger partial charge is 0.182 e. The Morgan fingerprint density at radius 1 is 1.18 bits per heavy atom. The molecule has 2 heterocycles. The molecule has 3 aromatic rings. The Balaban J connectivity index is 1.71. The summed E-state index contributed by atoms with van der Waals surface area (Å²) in [4.78, 5) is 17.9. The lowest BCUT2D eigenvalue weighted by Gasteiger charge is -2.14. The summed E-state index contributed by atoms with van der Waals surface area (Å²) in [6.07, 6.45) is 3.16. The van der Waals surface area contributed by atoms with E-state index in [4.69, 9.17) is 0 Å². The second-order valence-corrected chi connectivity index (χ2v) is 5.33. The molecule has 6 nitrogen and oxygen atoms in total. The molecule has 2 N–H and O–H groups in total. The summed E-state index contributed by atoms with van der Waals surface area (Å²) in [5, 5.41) is 3.35. The maximum atomic E-state index is 4.28. The number of benzene rings is 1. The quantitative estimate of drug-likeness (QED) is 0.731. The van der Waals surface area contributed by atoms with Crippen LogP contribution in [0.15, 0.2) is 36.9 Å². The fourth-order valence-electron chi connectivity index (χ4n) is 2.35. The highest BCUT2D eigenvalue weighted by Gasteiger charge is 2.05. The van der Waals surface area contributed by atoms with Crippen molar-refractivity contribution in [2.75, 3.05) is 18.9 Å². The van der Waals surface area contributed by atoms with Gasteiger partial charge in [-0.05, 0) is 24.7 Å². The van der Waals surface area contributed by atoms with E-state index in [0.29, 0.717) is 5.65 Å². The lowest BCUT2D eigenvalue weighted by Crippen LogP contribution is -2.16.